The van der Waals surface area contributed by atoms with Crippen molar-refractivity contribution in [2.75, 3.05) is 18.2 Å². The Kier molecular flexibility index (Phi) is 6.35. The van der Waals surface area contributed by atoms with Gasteiger partial charge in [0.25, 0.3) is 11.5 Å². The Morgan fingerprint density at radius 3 is 2.74 bits per heavy atom. The van der Waals surface area contributed by atoms with E-state index in [0.717, 1.165) is 6.26 Å². The third kappa shape index (κ3) is 4.77. The van der Waals surface area contributed by atoms with Gasteiger partial charge in [-0.15, -0.1) is 0 Å². The molecule has 0 aliphatic carbocycles. The molecule has 3 N–H and O–H groups in total. The summed E-state index contributed by atoms with van der Waals surface area (Å²) in [5.41, 5.74) is -0.193. The minimum atomic E-state index is -3.73. The lowest BCUT2D eigenvalue weighted by Crippen LogP contribution is -2.49. The molecule has 34 heavy (non-hydrogen) atoms. The molecule has 1 aromatic carbocycles. The third-order valence-corrected chi connectivity index (χ3v) is 6.40. The van der Waals surface area contributed by atoms with E-state index in [9.17, 15) is 23.3 Å². The summed E-state index contributed by atoms with van der Waals surface area (Å²) in [7, 11) is -3.73. The maximum absolute atomic E-state index is 12.7. The molecule has 0 spiro atoms. The number of anilines is 2. The van der Waals surface area contributed by atoms with E-state index < -0.39 is 27.6 Å². The Labute approximate surface area is 199 Å². The van der Waals surface area contributed by atoms with Gasteiger partial charge in [-0.3, -0.25) is 19.0 Å². The van der Waals surface area contributed by atoms with Crippen molar-refractivity contribution in [3.8, 4) is 6.07 Å². The van der Waals surface area contributed by atoms with Gasteiger partial charge < -0.3 is 15.0 Å². The van der Waals surface area contributed by atoms with E-state index in [1.54, 1.807) is 35.0 Å². The number of nitrogens with one attached hydrogen (secondary N) is 3. The predicted octanol–water partition coefficient (Wildman–Crippen LogP) is 1.99. The summed E-state index contributed by atoms with van der Waals surface area (Å²) in [4.78, 5) is 27.6. The van der Waals surface area contributed by atoms with Crippen molar-refractivity contribution in [2.45, 2.75) is 30.9 Å². The van der Waals surface area contributed by atoms with E-state index in [0.29, 0.717) is 28.0 Å². The quantitative estimate of drug-likeness (QED) is 0.459. The molecule has 178 valence electrons. The number of carbonyl (C=O) groups is 1. The standard InChI is InChI=1S/C21H21ClN6O5S/c1-34(31,32)27-19(29)16-6-8-21(9-10-23,12-33-16)28-15-7-11-24-20(30)17(15)18(26-28)25-14-4-2-13(22)3-5-14/h2-5,7,11,16H,6,8-9,12H2,1H3,(H,24,30)(H,25,26)(H,27,29)/t16-,21-/m0/s1. The second-order valence-electron chi connectivity index (χ2n) is 8.10. The van der Waals surface area contributed by atoms with Gasteiger partial charge in [0, 0.05) is 16.9 Å². The molecule has 1 aliphatic heterocycles. The fourth-order valence-corrected chi connectivity index (χ4v) is 4.61. The van der Waals surface area contributed by atoms with Crippen molar-refractivity contribution in [3.05, 3.63) is 51.9 Å². The van der Waals surface area contributed by atoms with Crippen LogP contribution in [-0.4, -0.2) is 48.1 Å². The van der Waals surface area contributed by atoms with Crippen LogP contribution in [0.25, 0.3) is 10.9 Å². The van der Waals surface area contributed by atoms with E-state index in [-0.39, 0.29) is 30.8 Å². The third-order valence-electron chi connectivity index (χ3n) is 5.57. The number of nitriles is 1. The minimum absolute atomic E-state index is 0.00260. The van der Waals surface area contributed by atoms with Gasteiger partial charge in [-0.05, 0) is 43.2 Å². The van der Waals surface area contributed by atoms with Crippen LogP contribution < -0.4 is 15.6 Å². The number of halogens is 1. The monoisotopic (exact) mass is 504 g/mol. The molecule has 11 nitrogen and oxygen atoms in total. The molecule has 1 aliphatic rings. The van der Waals surface area contributed by atoms with Gasteiger partial charge in [0.05, 0.1) is 36.4 Å². The van der Waals surface area contributed by atoms with Gasteiger partial charge in [-0.25, -0.2) is 8.42 Å². The van der Waals surface area contributed by atoms with Crippen LogP contribution in [0, 0.1) is 11.3 Å². The molecule has 0 unspecified atom stereocenters. The predicted molar refractivity (Wildman–Crippen MR) is 125 cm³/mol. The van der Waals surface area contributed by atoms with Gasteiger partial charge in [0.2, 0.25) is 10.0 Å². The topological polar surface area (TPSA) is 159 Å². The smallest absolute Gasteiger partial charge is 0.262 e. The SMILES string of the molecule is CS(=O)(=O)NC(=O)[C@@H]1CC[C@@](CC#N)(n2nc(Nc3ccc(Cl)cc3)c3c(=O)[nH]ccc32)CO1. The number of sulfonamides is 1. The van der Waals surface area contributed by atoms with Gasteiger partial charge in [-0.1, -0.05) is 11.6 Å². The molecule has 13 heteroatoms. The summed E-state index contributed by atoms with van der Waals surface area (Å²) < 4.78 is 32.0. The van der Waals surface area contributed by atoms with Crippen LogP contribution in [0.3, 0.4) is 0 Å². The van der Waals surface area contributed by atoms with Crippen molar-refractivity contribution in [3.63, 3.8) is 0 Å². The Morgan fingerprint density at radius 1 is 1.38 bits per heavy atom. The first-order valence-electron chi connectivity index (χ1n) is 10.3. The lowest BCUT2D eigenvalue weighted by molar-refractivity contribution is -0.139. The van der Waals surface area contributed by atoms with E-state index in [1.165, 1.54) is 6.20 Å². The van der Waals surface area contributed by atoms with Crippen LogP contribution in [0.1, 0.15) is 19.3 Å². The average molecular weight is 505 g/mol. The van der Waals surface area contributed by atoms with E-state index in [4.69, 9.17) is 16.3 Å². The fraction of sp³-hybridized carbons (Fsp3) is 0.333. The summed E-state index contributed by atoms with van der Waals surface area (Å²) in [6.45, 7) is -0.0770. The maximum Gasteiger partial charge on any atom is 0.262 e. The number of pyridine rings is 1. The van der Waals surface area contributed by atoms with Crippen LogP contribution in [0.4, 0.5) is 11.5 Å². The number of carbonyl (C=O) groups excluding carboxylic acids is 1. The first-order valence-corrected chi connectivity index (χ1v) is 12.5. The molecular formula is C21H21ClN6O5S. The number of H-pyrrole nitrogens is 1. The van der Waals surface area contributed by atoms with E-state index in [1.807, 2.05) is 4.72 Å². The molecule has 1 fully saturated rings. The van der Waals surface area contributed by atoms with E-state index >= 15 is 0 Å². The molecule has 0 radical (unpaired) electrons. The molecule has 3 heterocycles. The van der Waals surface area contributed by atoms with E-state index in [2.05, 4.69) is 21.5 Å². The number of amides is 1. The van der Waals surface area contributed by atoms with Gasteiger partial charge >= 0.3 is 0 Å². The largest absolute Gasteiger partial charge is 0.366 e. The number of hydrogen-bond donors (Lipinski definition) is 3. The number of hydrogen-bond acceptors (Lipinski definition) is 8. The van der Waals surface area contributed by atoms with Crippen LogP contribution in [-0.2, 0) is 25.1 Å². The molecule has 3 aromatic rings. The number of aromatic amines is 1. The van der Waals surface area contributed by atoms with Crippen molar-refractivity contribution >= 4 is 49.9 Å². The number of aromatic nitrogens is 3. The Hall–Kier alpha value is -3.40. The highest BCUT2D eigenvalue weighted by Crippen LogP contribution is 2.37. The minimum Gasteiger partial charge on any atom is -0.366 e. The molecule has 1 saturated heterocycles. The number of benzene rings is 1. The Bertz CT molecular complexity index is 1430. The average Bonchev–Trinajstić information content (AvgIpc) is 3.15. The Balaban J connectivity index is 1.71. The summed E-state index contributed by atoms with van der Waals surface area (Å²) in [5, 5.41) is 18.2. The lowest BCUT2D eigenvalue weighted by Gasteiger charge is -2.38. The van der Waals surface area contributed by atoms with Crippen molar-refractivity contribution in [1.82, 2.24) is 19.5 Å². The second-order valence-corrected chi connectivity index (χ2v) is 10.3. The summed E-state index contributed by atoms with van der Waals surface area (Å²) in [6, 6.07) is 10.7. The zero-order valence-electron chi connectivity index (χ0n) is 18.0. The van der Waals surface area contributed by atoms with Crippen LogP contribution >= 0.6 is 11.6 Å². The summed E-state index contributed by atoms with van der Waals surface area (Å²) in [5.74, 6) is -0.478. The molecular weight excluding hydrogens is 484 g/mol. The van der Waals surface area contributed by atoms with Gasteiger partial charge in [-0.2, -0.15) is 10.4 Å². The highest BCUT2D eigenvalue weighted by molar-refractivity contribution is 7.89. The van der Waals surface area contributed by atoms with Crippen molar-refractivity contribution < 1.29 is 17.9 Å². The first-order chi connectivity index (χ1) is 16.1. The number of fused-ring (bicyclic) bond motifs is 1. The molecule has 1 amide bonds. The number of ether oxygens (including phenoxy) is 1. The van der Waals surface area contributed by atoms with Crippen LogP contribution in [0.2, 0.25) is 5.02 Å². The normalized spacial score (nSPS) is 20.6. The highest BCUT2D eigenvalue weighted by Gasteiger charge is 2.42. The van der Waals surface area contributed by atoms with Gasteiger partial charge in [0.1, 0.15) is 11.5 Å². The molecule has 0 saturated carbocycles. The summed E-state index contributed by atoms with van der Waals surface area (Å²) >= 11 is 5.95. The van der Waals surface area contributed by atoms with Crippen molar-refractivity contribution in [1.29, 1.82) is 5.26 Å². The molecule has 2 atom stereocenters. The molecule has 2 aromatic heterocycles. The number of nitrogens with zero attached hydrogens (tertiary/aromatic N) is 3. The lowest BCUT2D eigenvalue weighted by atomic mass is 9.87. The fourth-order valence-electron chi connectivity index (χ4n) is 3.99. The molecule has 0 bridgehead atoms. The van der Waals surface area contributed by atoms with Crippen LogP contribution in [0.5, 0.6) is 0 Å². The zero-order chi connectivity index (χ0) is 24.5. The molecule has 4 rings (SSSR count). The number of rotatable bonds is 6. The highest BCUT2D eigenvalue weighted by atomic mass is 35.5. The second kappa shape index (κ2) is 9.09. The first kappa shape index (κ1) is 23.7. The Morgan fingerprint density at radius 2 is 2.12 bits per heavy atom. The van der Waals surface area contributed by atoms with Gasteiger partial charge in [0.15, 0.2) is 5.82 Å². The summed E-state index contributed by atoms with van der Waals surface area (Å²) in [6.07, 6.45) is 1.84. The zero-order valence-corrected chi connectivity index (χ0v) is 19.6. The maximum atomic E-state index is 12.7. The van der Waals surface area contributed by atoms with Crippen LogP contribution in [0.15, 0.2) is 41.3 Å². The van der Waals surface area contributed by atoms with Crippen molar-refractivity contribution in [2.24, 2.45) is 0 Å².